The van der Waals surface area contributed by atoms with Gasteiger partial charge in [-0.3, -0.25) is 4.68 Å². The lowest BCUT2D eigenvalue weighted by Crippen LogP contribution is -2.42. The molecule has 1 fully saturated rings. The summed E-state index contributed by atoms with van der Waals surface area (Å²) in [5.41, 5.74) is 1.74. The van der Waals surface area contributed by atoms with Gasteiger partial charge in [0.05, 0.1) is 26.0 Å². The Labute approximate surface area is 141 Å². The van der Waals surface area contributed by atoms with E-state index >= 15 is 0 Å². The predicted molar refractivity (Wildman–Crippen MR) is 88.4 cm³/mol. The predicted octanol–water partition coefficient (Wildman–Crippen LogP) is 1.50. The van der Waals surface area contributed by atoms with Crippen molar-refractivity contribution in [1.82, 2.24) is 14.1 Å². The number of methoxy groups -OCH3 is 1. The molecule has 1 saturated heterocycles. The first-order chi connectivity index (χ1) is 11.4. The lowest BCUT2D eigenvalue weighted by molar-refractivity contribution is -0.00262. The van der Waals surface area contributed by atoms with Crippen LogP contribution >= 0.6 is 0 Å². The van der Waals surface area contributed by atoms with Gasteiger partial charge in [-0.15, -0.1) is 0 Å². The van der Waals surface area contributed by atoms with Gasteiger partial charge in [0.25, 0.3) is 0 Å². The van der Waals surface area contributed by atoms with Gasteiger partial charge in [0.2, 0.25) is 10.0 Å². The van der Waals surface area contributed by atoms with Crippen molar-refractivity contribution < 1.29 is 17.9 Å². The maximum atomic E-state index is 13.1. The van der Waals surface area contributed by atoms with Crippen LogP contribution in [-0.2, 0) is 21.8 Å². The van der Waals surface area contributed by atoms with E-state index in [-0.39, 0.29) is 17.5 Å². The molecular formula is C16H21N3O4S. The molecule has 1 unspecified atom stereocenters. The van der Waals surface area contributed by atoms with Gasteiger partial charge in [0.1, 0.15) is 10.6 Å². The molecule has 0 spiro atoms. The minimum Gasteiger partial charge on any atom is -0.495 e. The normalized spacial score (nSPS) is 19.4. The monoisotopic (exact) mass is 351 g/mol. The van der Waals surface area contributed by atoms with Crippen molar-refractivity contribution >= 4 is 10.0 Å². The average Bonchev–Trinajstić information content (AvgIpc) is 3.01. The number of morpholine rings is 1. The Kier molecular flexibility index (Phi) is 4.62. The molecular weight excluding hydrogens is 330 g/mol. The molecule has 0 amide bonds. The average molecular weight is 351 g/mol. The van der Waals surface area contributed by atoms with Gasteiger partial charge in [0.15, 0.2) is 0 Å². The zero-order valence-electron chi connectivity index (χ0n) is 14.0. The van der Waals surface area contributed by atoms with Crippen molar-refractivity contribution in [2.75, 3.05) is 26.8 Å². The molecule has 1 atom stereocenters. The molecule has 130 valence electrons. The third-order valence-corrected chi connectivity index (χ3v) is 5.95. The minimum absolute atomic E-state index is 0.192. The van der Waals surface area contributed by atoms with Crippen molar-refractivity contribution in [2.24, 2.45) is 7.05 Å². The highest BCUT2D eigenvalue weighted by Gasteiger charge is 2.33. The molecule has 7 nitrogen and oxygen atoms in total. The Morgan fingerprint density at radius 3 is 2.83 bits per heavy atom. The van der Waals surface area contributed by atoms with E-state index in [0.717, 1.165) is 11.1 Å². The molecule has 0 N–H and O–H groups in total. The summed E-state index contributed by atoms with van der Waals surface area (Å²) in [6, 6.07) is 5.15. The van der Waals surface area contributed by atoms with E-state index in [4.69, 9.17) is 9.47 Å². The molecule has 8 heteroatoms. The maximum Gasteiger partial charge on any atom is 0.246 e. The minimum atomic E-state index is -3.66. The fourth-order valence-corrected chi connectivity index (χ4v) is 4.44. The summed E-state index contributed by atoms with van der Waals surface area (Å²) in [7, 11) is -0.369. The number of ether oxygens (including phenoxy) is 2. The van der Waals surface area contributed by atoms with Crippen LogP contribution in [0.25, 0.3) is 0 Å². The molecule has 3 rings (SSSR count). The Bertz CT molecular complexity index is 832. The zero-order chi connectivity index (χ0) is 17.3. The molecule has 2 aromatic rings. The van der Waals surface area contributed by atoms with E-state index in [0.29, 0.717) is 18.9 Å². The standard InChI is InChI=1S/C16H21N3O4S/c1-12-4-5-14(22-3)16(8-12)24(20,21)19-6-7-23-15(11-19)13-9-17-18(2)10-13/h4-5,8-10,15H,6-7,11H2,1-3H3. The Morgan fingerprint density at radius 2 is 2.17 bits per heavy atom. The van der Waals surface area contributed by atoms with Crippen LogP contribution in [0, 0.1) is 6.92 Å². The summed E-state index contributed by atoms with van der Waals surface area (Å²) in [6.07, 6.45) is 3.22. The molecule has 0 radical (unpaired) electrons. The van der Waals surface area contributed by atoms with E-state index in [9.17, 15) is 8.42 Å². The summed E-state index contributed by atoms with van der Waals surface area (Å²) < 4.78 is 40.2. The molecule has 1 aromatic carbocycles. The first-order valence-electron chi connectivity index (χ1n) is 7.67. The first kappa shape index (κ1) is 16.9. The number of rotatable bonds is 4. The molecule has 0 bridgehead atoms. The van der Waals surface area contributed by atoms with E-state index in [1.54, 1.807) is 23.0 Å². The lowest BCUT2D eigenvalue weighted by atomic mass is 10.2. The summed E-state index contributed by atoms with van der Waals surface area (Å²) in [5, 5.41) is 4.12. The lowest BCUT2D eigenvalue weighted by Gasteiger charge is -2.32. The third-order valence-electron chi connectivity index (χ3n) is 4.06. The molecule has 1 aromatic heterocycles. The second-order valence-corrected chi connectivity index (χ2v) is 7.73. The molecule has 0 saturated carbocycles. The highest BCUT2D eigenvalue weighted by molar-refractivity contribution is 7.89. The molecule has 1 aliphatic heterocycles. The topological polar surface area (TPSA) is 73.7 Å². The number of hydrogen-bond acceptors (Lipinski definition) is 5. The molecule has 24 heavy (non-hydrogen) atoms. The smallest absolute Gasteiger partial charge is 0.246 e. The van der Waals surface area contributed by atoms with E-state index in [1.807, 2.05) is 26.2 Å². The van der Waals surface area contributed by atoms with Crippen LogP contribution in [0.15, 0.2) is 35.5 Å². The van der Waals surface area contributed by atoms with Crippen LogP contribution in [0.4, 0.5) is 0 Å². The summed E-state index contributed by atoms with van der Waals surface area (Å²) in [4.78, 5) is 0.192. The van der Waals surface area contributed by atoms with E-state index in [1.165, 1.54) is 11.4 Å². The number of sulfonamides is 1. The van der Waals surface area contributed by atoms with Crippen molar-refractivity contribution in [2.45, 2.75) is 17.9 Å². The van der Waals surface area contributed by atoms with Crippen LogP contribution in [0.1, 0.15) is 17.2 Å². The SMILES string of the molecule is COc1ccc(C)cc1S(=O)(=O)N1CCOC(c2cnn(C)c2)C1. The number of aromatic nitrogens is 2. The van der Waals surface area contributed by atoms with Gasteiger partial charge in [-0.05, 0) is 24.6 Å². The number of nitrogens with zero attached hydrogens (tertiary/aromatic N) is 3. The number of benzene rings is 1. The fourth-order valence-electron chi connectivity index (χ4n) is 2.78. The largest absolute Gasteiger partial charge is 0.495 e. The van der Waals surface area contributed by atoms with Crippen LogP contribution in [-0.4, -0.2) is 49.3 Å². The van der Waals surface area contributed by atoms with Crippen molar-refractivity contribution in [3.63, 3.8) is 0 Å². The van der Waals surface area contributed by atoms with Gasteiger partial charge in [-0.25, -0.2) is 8.42 Å². The van der Waals surface area contributed by atoms with E-state index < -0.39 is 10.0 Å². The number of aryl methyl sites for hydroxylation is 2. The molecule has 1 aliphatic rings. The molecule has 2 heterocycles. The summed E-state index contributed by atoms with van der Waals surface area (Å²) in [6.45, 7) is 2.77. The highest BCUT2D eigenvalue weighted by Crippen LogP contribution is 2.31. The van der Waals surface area contributed by atoms with Crippen molar-refractivity contribution in [3.05, 3.63) is 41.7 Å². The maximum absolute atomic E-state index is 13.1. The highest BCUT2D eigenvalue weighted by atomic mass is 32.2. The Morgan fingerprint density at radius 1 is 1.38 bits per heavy atom. The second-order valence-electron chi connectivity index (χ2n) is 5.82. The fraction of sp³-hybridized carbons (Fsp3) is 0.438. The third kappa shape index (κ3) is 3.17. The van der Waals surface area contributed by atoms with Gasteiger partial charge in [0, 0.05) is 31.9 Å². The van der Waals surface area contributed by atoms with Gasteiger partial charge in [-0.2, -0.15) is 9.40 Å². The van der Waals surface area contributed by atoms with E-state index in [2.05, 4.69) is 5.10 Å². The van der Waals surface area contributed by atoms with Crippen LogP contribution < -0.4 is 4.74 Å². The Hall–Kier alpha value is -1.90. The first-order valence-corrected chi connectivity index (χ1v) is 9.11. The summed E-state index contributed by atoms with van der Waals surface area (Å²) >= 11 is 0. The van der Waals surface area contributed by atoms with Crippen molar-refractivity contribution in [1.29, 1.82) is 0 Å². The number of hydrogen-bond donors (Lipinski definition) is 0. The molecule has 0 aliphatic carbocycles. The summed E-state index contributed by atoms with van der Waals surface area (Å²) in [5.74, 6) is 0.352. The van der Waals surface area contributed by atoms with Gasteiger partial charge in [-0.1, -0.05) is 6.07 Å². The second kappa shape index (κ2) is 6.54. The van der Waals surface area contributed by atoms with Crippen LogP contribution in [0.2, 0.25) is 0 Å². The van der Waals surface area contributed by atoms with Crippen LogP contribution in [0.5, 0.6) is 5.75 Å². The van der Waals surface area contributed by atoms with Crippen LogP contribution in [0.3, 0.4) is 0 Å². The zero-order valence-corrected chi connectivity index (χ0v) is 14.8. The quantitative estimate of drug-likeness (QED) is 0.835. The Balaban J connectivity index is 1.91. The van der Waals surface area contributed by atoms with Gasteiger partial charge >= 0.3 is 0 Å². The van der Waals surface area contributed by atoms with Gasteiger partial charge < -0.3 is 9.47 Å². The van der Waals surface area contributed by atoms with Crippen molar-refractivity contribution in [3.8, 4) is 5.75 Å².